The van der Waals surface area contributed by atoms with Crippen molar-refractivity contribution in [1.82, 2.24) is 9.80 Å². The first-order chi connectivity index (χ1) is 20.0. The number of esters is 1. The average molecular weight is 653 g/mol. The predicted molar refractivity (Wildman–Crippen MR) is 172 cm³/mol. The third-order valence-corrected chi connectivity index (χ3v) is 18.5. The molecule has 0 saturated carbocycles. The van der Waals surface area contributed by atoms with Crippen LogP contribution < -0.4 is 0 Å². The molecule has 44 heavy (non-hydrogen) atoms. The number of amides is 3. The van der Waals surface area contributed by atoms with Crippen LogP contribution in [0, 0.1) is 11.8 Å². The van der Waals surface area contributed by atoms with Crippen molar-refractivity contribution < 1.29 is 42.3 Å². The Morgan fingerprint density at radius 2 is 1.43 bits per heavy atom. The molecule has 0 aromatic carbocycles. The summed E-state index contributed by atoms with van der Waals surface area (Å²) in [6.45, 7) is 28.8. The summed E-state index contributed by atoms with van der Waals surface area (Å²) >= 11 is 0. The lowest BCUT2D eigenvalue weighted by molar-refractivity contribution is -0.185. The van der Waals surface area contributed by atoms with Gasteiger partial charge in [-0.05, 0) is 43.2 Å². The number of piperidine rings is 1. The Kier molecular flexibility index (Phi) is 11.8. The van der Waals surface area contributed by atoms with E-state index in [4.69, 9.17) is 18.3 Å². The van der Waals surface area contributed by atoms with E-state index in [9.17, 15) is 24.0 Å². The highest BCUT2D eigenvalue weighted by Crippen LogP contribution is 2.44. The van der Waals surface area contributed by atoms with Crippen molar-refractivity contribution in [1.29, 1.82) is 0 Å². The van der Waals surface area contributed by atoms with Gasteiger partial charge < -0.3 is 23.2 Å². The normalized spacial score (nSPS) is 23.9. The van der Waals surface area contributed by atoms with E-state index in [0.717, 1.165) is 4.90 Å². The Morgan fingerprint density at radius 1 is 0.909 bits per heavy atom. The molecule has 2 saturated heterocycles. The second kappa shape index (κ2) is 13.8. The largest absolute Gasteiger partial charge is 0.454 e. The summed E-state index contributed by atoms with van der Waals surface area (Å²) in [4.78, 5) is 69.2. The number of likely N-dealkylation sites (tertiary alicyclic amines) is 2. The molecule has 0 unspecified atom stereocenters. The molecular formula is C31H52N2O9Si2. The SMILES string of the molecule is C=CCOC(=O)C(=O)N1C(=O)[C@H]([C@@H](C)O[Si](C)(C)C(C)(C)C)[C@H]1[C@H]1CN(C(=O)OCC=C)C[C@@H](O[Si](C)(C)C(C)(C)C)C1=O. The van der Waals surface area contributed by atoms with Crippen molar-refractivity contribution >= 4 is 46.3 Å². The van der Waals surface area contributed by atoms with E-state index < -0.39 is 70.6 Å². The highest BCUT2D eigenvalue weighted by Gasteiger charge is 2.62. The van der Waals surface area contributed by atoms with Crippen molar-refractivity contribution in [2.24, 2.45) is 11.8 Å². The Bertz CT molecular complexity index is 1160. The quantitative estimate of drug-likeness (QED) is 0.109. The molecule has 0 aliphatic carbocycles. The molecule has 0 radical (unpaired) electrons. The van der Waals surface area contributed by atoms with E-state index >= 15 is 0 Å². The zero-order valence-corrected chi connectivity index (χ0v) is 30.4. The van der Waals surface area contributed by atoms with Gasteiger partial charge in [0.05, 0.1) is 30.5 Å². The third kappa shape index (κ3) is 7.96. The first kappa shape index (κ1) is 37.6. The average Bonchev–Trinajstić information content (AvgIpc) is 2.88. The van der Waals surface area contributed by atoms with Gasteiger partial charge in [-0.25, -0.2) is 9.59 Å². The van der Waals surface area contributed by atoms with Crippen molar-refractivity contribution in [3.63, 3.8) is 0 Å². The minimum atomic E-state index is -2.52. The fraction of sp³-hybridized carbons (Fsp3) is 0.710. The van der Waals surface area contributed by atoms with Crippen LogP contribution in [-0.2, 0) is 37.5 Å². The highest BCUT2D eigenvalue weighted by atomic mass is 28.4. The van der Waals surface area contributed by atoms with Gasteiger partial charge in [0.25, 0.3) is 0 Å². The number of imide groups is 1. The molecule has 248 valence electrons. The van der Waals surface area contributed by atoms with Crippen molar-refractivity contribution in [2.45, 2.75) is 103 Å². The molecule has 0 N–H and O–H groups in total. The minimum Gasteiger partial charge on any atom is -0.454 e. The third-order valence-electron chi connectivity index (χ3n) is 9.43. The van der Waals surface area contributed by atoms with Gasteiger partial charge in [0, 0.05) is 6.54 Å². The summed E-state index contributed by atoms with van der Waals surface area (Å²) in [7, 11) is -4.92. The molecule has 13 heteroatoms. The van der Waals surface area contributed by atoms with E-state index in [-0.39, 0.29) is 42.2 Å². The van der Waals surface area contributed by atoms with Crippen LogP contribution in [0.4, 0.5) is 4.79 Å². The monoisotopic (exact) mass is 652 g/mol. The molecular weight excluding hydrogens is 601 g/mol. The standard InChI is InChI=1S/C31H52N2O9Si2/c1-14-16-39-28(37)27(36)33-24(23(26(33)35)20(3)41-43(10,11)30(4,5)6)21-18-32(29(38)40-17-15-2)19-22(25(21)34)42-44(12,13)31(7,8)9/h14-15,20-24H,1-2,16-19H2,3-13H3/t20-,21-,22-,23-,24-/m1/s1. The molecule has 0 aromatic heterocycles. The Morgan fingerprint density at radius 3 is 1.93 bits per heavy atom. The lowest BCUT2D eigenvalue weighted by Gasteiger charge is -2.54. The summed E-state index contributed by atoms with van der Waals surface area (Å²) in [6, 6.07) is -1.07. The number of hydrogen-bond donors (Lipinski definition) is 0. The van der Waals surface area contributed by atoms with Crippen LogP contribution in [0.25, 0.3) is 0 Å². The zero-order chi connectivity index (χ0) is 34.0. The molecule has 11 nitrogen and oxygen atoms in total. The second-order valence-electron chi connectivity index (χ2n) is 14.6. The maximum absolute atomic E-state index is 14.3. The van der Waals surface area contributed by atoms with E-state index in [0.29, 0.717) is 0 Å². The molecule has 5 atom stereocenters. The first-order valence-electron chi connectivity index (χ1n) is 15.1. The fourth-order valence-corrected chi connectivity index (χ4v) is 7.58. The molecule has 2 fully saturated rings. The van der Waals surface area contributed by atoms with Crippen LogP contribution >= 0.6 is 0 Å². The molecule has 2 aliphatic heterocycles. The molecule has 3 amide bonds. The Balaban J connectivity index is 2.61. The number of Topliss-reactive ketones (excluding diaryl/α,β-unsaturated/α-hetero) is 1. The molecule has 0 bridgehead atoms. The number of rotatable bonds is 10. The van der Waals surface area contributed by atoms with Gasteiger partial charge in [-0.1, -0.05) is 66.9 Å². The zero-order valence-electron chi connectivity index (χ0n) is 28.4. The number of nitrogens with zero attached hydrogens (tertiary/aromatic N) is 2. The molecule has 2 heterocycles. The van der Waals surface area contributed by atoms with Crippen LogP contribution in [0.5, 0.6) is 0 Å². The number of β-lactam (4-membered cyclic amide) rings is 1. The maximum Gasteiger partial charge on any atom is 0.410 e. The first-order valence-corrected chi connectivity index (χ1v) is 20.9. The smallest absolute Gasteiger partial charge is 0.410 e. The van der Waals surface area contributed by atoms with Crippen LogP contribution in [0.1, 0.15) is 48.5 Å². The van der Waals surface area contributed by atoms with Gasteiger partial charge in [-0.3, -0.25) is 19.3 Å². The summed E-state index contributed by atoms with van der Waals surface area (Å²) in [5, 5.41) is -0.423. The summed E-state index contributed by atoms with van der Waals surface area (Å²) in [5.41, 5.74) is 0. The minimum absolute atomic E-state index is 0.0383. The molecule has 2 rings (SSSR count). The summed E-state index contributed by atoms with van der Waals surface area (Å²) in [6.07, 6.45) is 0.353. The van der Waals surface area contributed by atoms with Crippen LogP contribution in [0.3, 0.4) is 0 Å². The van der Waals surface area contributed by atoms with Crippen LogP contribution in [0.15, 0.2) is 25.3 Å². The van der Waals surface area contributed by atoms with Gasteiger partial charge in [0.15, 0.2) is 22.4 Å². The van der Waals surface area contributed by atoms with Gasteiger partial charge in [-0.2, -0.15) is 0 Å². The lowest BCUT2D eigenvalue weighted by Crippen LogP contribution is -2.74. The highest BCUT2D eigenvalue weighted by molar-refractivity contribution is 6.74. The summed E-state index contributed by atoms with van der Waals surface area (Å²) in [5.74, 6) is -5.38. The van der Waals surface area contributed by atoms with E-state index in [1.807, 2.05) is 47.0 Å². The van der Waals surface area contributed by atoms with Gasteiger partial charge >= 0.3 is 18.0 Å². The number of hydrogen-bond acceptors (Lipinski definition) is 9. The Labute approximate surface area is 264 Å². The van der Waals surface area contributed by atoms with Crippen molar-refractivity contribution in [3.8, 4) is 0 Å². The fourth-order valence-electron chi connectivity index (χ4n) is 4.89. The van der Waals surface area contributed by atoms with Crippen molar-refractivity contribution in [3.05, 3.63) is 25.3 Å². The molecule has 2 aliphatic rings. The number of carbonyl (C=O) groups is 5. The maximum atomic E-state index is 14.3. The summed E-state index contributed by atoms with van der Waals surface area (Å²) < 4.78 is 23.4. The van der Waals surface area contributed by atoms with Gasteiger partial charge in [0.2, 0.25) is 5.91 Å². The number of ether oxygens (including phenoxy) is 2. The van der Waals surface area contributed by atoms with Gasteiger partial charge in [0.1, 0.15) is 19.3 Å². The van der Waals surface area contributed by atoms with Crippen LogP contribution in [0.2, 0.25) is 36.3 Å². The molecule has 0 aromatic rings. The van der Waals surface area contributed by atoms with Gasteiger partial charge in [-0.15, -0.1) is 0 Å². The van der Waals surface area contributed by atoms with Crippen LogP contribution in [-0.4, -0.2) is 101 Å². The van der Waals surface area contributed by atoms with E-state index in [1.165, 1.54) is 17.1 Å². The number of ketones is 1. The molecule has 0 spiro atoms. The van der Waals surface area contributed by atoms with E-state index in [2.05, 4.69) is 33.9 Å². The van der Waals surface area contributed by atoms with E-state index in [1.54, 1.807) is 6.92 Å². The Hall–Kier alpha value is -2.62. The second-order valence-corrected chi connectivity index (χ2v) is 24.2. The predicted octanol–water partition coefficient (Wildman–Crippen LogP) is 4.69. The topological polar surface area (TPSA) is 129 Å². The van der Waals surface area contributed by atoms with Crippen molar-refractivity contribution in [2.75, 3.05) is 26.3 Å². The number of carbonyl (C=O) groups excluding carboxylic acids is 5. The lowest BCUT2D eigenvalue weighted by atomic mass is 9.72.